The van der Waals surface area contributed by atoms with E-state index in [9.17, 15) is 29.7 Å². The zero-order valence-electron chi connectivity index (χ0n) is 22.8. The highest BCUT2D eigenvalue weighted by molar-refractivity contribution is 6.28. The second-order valence-electron chi connectivity index (χ2n) is 11.6. The third-order valence-electron chi connectivity index (χ3n) is 8.91. The van der Waals surface area contributed by atoms with E-state index in [0.717, 1.165) is 5.69 Å². The van der Waals surface area contributed by atoms with E-state index in [1.165, 1.54) is 6.07 Å². The lowest BCUT2D eigenvalue weighted by Gasteiger charge is -2.45. The van der Waals surface area contributed by atoms with Gasteiger partial charge in [-0.05, 0) is 61.1 Å². The number of oxazole rings is 1. The fourth-order valence-electron chi connectivity index (χ4n) is 6.86. The molecule has 11 heteroatoms. The fourth-order valence-corrected chi connectivity index (χ4v) is 6.86. The van der Waals surface area contributed by atoms with Crippen molar-refractivity contribution < 1.29 is 38.9 Å². The molecule has 1 amide bonds. The molecule has 4 aliphatic rings. The van der Waals surface area contributed by atoms with E-state index in [1.54, 1.807) is 12.3 Å². The van der Waals surface area contributed by atoms with Gasteiger partial charge in [-0.2, -0.15) is 0 Å². The molecule has 0 spiro atoms. The number of carbonyl (C=O) groups excluding carboxylic acids is 3. The number of nitrogens with zero attached hydrogens (tertiary/aromatic N) is 1. The van der Waals surface area contributed by atoms with E-state index in [0.29, 0.717) is 43.1 Å². The number of aromatic hydroxyl groups is 1. The zero-order valence-corrected chi connectivity index (χ0v) is 22.8. The smallest absolute Gasteiger partial charge is 0.255 e. The number of amides is 1. The van der Waals surface area contributed by atoms with Crippen molar-refractivity contribution in [1.82, 2.24) is 10.3 Å². The van der Waals surface area contributed by atoms with E-state index in [1.807, 2.05) is 13.8 Å². The van der Waals surface area contributed by atoms with Crippen LogP contribution in [0.4, 0.5) is 0 Å². The van der Waals surface area contributed by atoms with Crippen LogP contribution in [-0.2, 0) is 25.5 Å². The van der Waals surface area contributed by atoms with Crippen molar-refractivity contribution in [1.29, 1.82) is 0 Å². The van der Waals surface area contributed by atoms with Gasteiger partial charge in [-0.15, -0.1) is 0 Å². The molecule has 2 aromatic rings. The van der Waals surface area contributed by atoms with E-state index in [2.05, 4.69) is 10.3 Å². The Labute approximate surface area is 236 Å². The molecule has 11 nitrogen and oxygen atoms in total. The average Bonchev–Trinajstić information content (AvgIpc) is 3.42. The molecule has 41 heavy (non-hydrogen) atoms. The van der Waals surface area contributed by atoms with E-state index in [4.69, 9.17) is 14.9 Å². The lowest BCUT2D eigenvalue weighted by atomic mass is 9.59. The average molecular weight is 564 g/mol. The Morgan fingerprint density at radius 2 is 1.85 bits per heavy atom. The summed E-state index contributed by atoms with van der Waals surface area (Å²) in [5.41, 5.74) is 6.95. The van der Waals surface area contributed by atoms with Gasteiger partial charge in [0.2, 0.25) is 5.89 Å². The molecule has 2 fully saturated rings. The number of carbonyl (C=O) groups is 3. The van der Waals surface area contributed by atoms with E-state index < -0.39 is 58.4 Å². The van der Waals surface area contributed by atoms with Crippen molar-refractivity contribution in [3.8, 4) is 17.2 Å². The molecule has 1 aromatic carbocycles. The minimum absolute atomic E-state index is 0.0323. The standard InChI is InChI=1S/C30H33N3O8/c1-12(2)18-11-41-30(33-18)15-3-4-19(34)21-16(15)9-13-10-17-22(26(36)20(13)25(21)35)27(37)23(29(31)39)28(38)24(17)32-14-5-7-40-8-6-14/h3-4,11-14,17,22,24,32,34-35,38H,5-10H2,1-2H3,(H2,31,39). The molecular formula is C30H33N3O8. The summed E-state index contributed by atoms with van der Waals surface area (Å²) in [6.45, 7) is 5.02. The monoisotopic (exact) mass is 563 g/mol. The molecular weight excluding hydrogens is 530 g/mol. The summed E-state index contributed by atoms with van der Waals surface area (Å²) in [5.74, 6) is -5.72. The first-order chi connectivity index (χ1) is 19.6. The van der Waals surface area contributed by atoms with Gasteiger partial charge in [0.05, 0.1) is 23.2 Å². The molecule has 1 saturated heterocycles. The third kappa shape index (κ3) is 4.34. The van der Waals surface area contributed by atoms with E-state index in [-0.39, 0.29) is 41.7 Å². The lowest BCUT2D eigenvalue weighted by molar-refractivity contribution is -0.136. The second kappa shape index (κ2) is 10.1. The van der Waals surface area contributed by atoms with Crippen LogP contribution < -0.4 is 11.1 Å². The third-order valence-corrected chi connectivity index (χ3v) is 8.91. The number of ketones is 2. The predicted octanol–water partition coefficient (Wildman–Crippen LogP) is 2.83. The number of Topliss-reactive ketones (excluding diaryl/α,β-unsaturated/α-hetero) is 2. The molecule has 1 saturated carbocycles. The van der Waals surface area contributed by atoms with Crippen LogP contribution >= 0.6 is 0 Å². The first kappa shape index (κ1) is 27.2. The van der Waals surface area contributed by atoms with Gasteiger partial charge in [-0.3, -0.25) is 14.4 Å². The molecule has 2 heterocycles. The van der Waals surface area contributed by atoms with Gasteiger partial charge in [0.1, 0.15) is 29.1 Å². The maximum absolute atomic E-state index is 14.0. The fraction of sp³-hybridized carbons (Fsp3) is 0.467. The molecule has 0 radical (unpaired) electrons. The van der Waals surface area contributed by atoms with Crippen molar-refractivity contribution in [2.45, 2.75) is 57.5 Å². The first-order valence-electron chi connectivity index (χ1n) is 14.0. The van der Waals surface area contributed by atoms with Gasteiger partial charge < -0.3 is 35.5 Å². The molecule has 1 aromatic heterocycles. The van der Waals surface area contributed by atoms with Crippen LogP contribution in [0, 0.1) is 17.8 Å². The van der Waals surface area contributed by atoms with Gasteiger partial charge in [-0.25, -0.2) is 4.98 Å². The number of allylic oxidation sites excluding steroid dienone is 1. The summed E-state index contributed by atoms with van der Waals surface area (Å²) < 4.78 is 11.2. The number of fused-ring (bicyclic) bond motifs is 3. The Hall–Kier alpha value is -3.96. The van der Waals surface area contributed by atoms with Crippen molar-refractivity contribution >= 4 is 23.2 Å². The number of phenolic OH excluding ortho intramolecular Hbond substituents is 1. The largest absolute Gasteiger partial charge is 0.510 e. The van der Waals surface area contributed by atoms with Crippen LogP contribution in [0.1, 0.15) is 55.8 Å². The molecule has 0 bridgehead atoms. The number of hydrogen-bond acceptors (Lipinski definition) is 10. The maximum atomic E-state index is 14.0. The van der Waals surface area contributed by atoms with Crippen LogP contribution in [0.15, 0.2) is 39.7 Å². The normalized spacial score (nSPS) is 26.7. The maximum Gasteiger partial charge on any atom is 0.255 e. The molecule has 4 unspecified atom stereocenters. The summed E-state index contributed by atoms with van der Waals surface area (Å²) in [4.78, 5) is 44.4. The highest BCUT2D eigenvalue weighted by atomic mass is 16.5. The summed E-state index contributed by atoms with van der Waals surface area (Å²) in [5, 5.41) is 36.8. The van der Waals surface area contributed by atoms with Crippen molar-refractivity contribution in [2.24, 2.45) is 23.5 Å². The highest BCUT2D eigenvalue weighted by Crippen LogP contribution is 2.51. The second-order valence-corrected chi connectivity index (χ2v) is 11.6. The first-order valence-corrected chi connectivity index (χ1v) is 14.0. The molecule has 6 rings (SSSR count). The zero-order chi connectivity index (χ0) is 29.2. The summed E-state index contributed by atoms with van der Waals surface area (Å²) in [6.07, 6.45) is 3.42. The number of aliphatic hydroxyl groups is 2. The van der Waals surface area contributed by atoms with Crippen LogP contribution in [0.3, 0.4) is 0 Å². The Morgan fingerprint density at radius 3 is 2.51 bits per heavy atom. The summed E-state index contributed by atoms with van der Waals surface area (Å²) in [6, 6.07) is 2.16. The van der Waals surface area contributed by atoms with Gasteiger partial charge >= 0.3 is 0 Å². The Bertz CT molecular complexity index is 1510. The number of hydrogen-bond donors (Lipinski definition) is 5. The predicted molar refractivity (Wildman–Crippen MR) is 146 cm³/mol. The Morgan fingerprint density at radius 1 is 1.12 bits per heavy atom. The summed E-state index contributed by atoms with van der Waals surface area (Å²) >= 11 is 0. The number of benzene rings is 1. The number of ether oxygens (including phenoxy) is 1. The number of aromatic nitrogens is 1. The molecule has 1 aliphatic heterocycles. The van der Waals surface area contributed by atoms with Crippen LogP contribution in [0.5, 0.6) is 5.75 Å². The number of aliphatic hydroxyl groups excluding tert-OH is 2. The number of primary amides is 1. The quantitative estimate of drug-likeness (QED) is 0.268. The van der Waals surface area contributed by atoms with Crippen LogP contribution in [-0.4, -0.2) is 63.1 Å². The van der Waals surface area contributed by atoms with Gasteiger partial charge in [0.25, 0.3) is 5.91 Å². The summed E-state index contributed by atoms with van der Waals surface area (Å²) in [7, 11) is 0. The lowest BCUT2D eigenvalue weighted by Crippen LogP contribution is -2.58. The highest BCUT2D eigenvalue weighted by Gasteiger charge is 2.55. The molecule has 6 N–H and O–H groups in total. The number of rotatable bonds is 5. The van der Waals surface area contributed by atoms with Gasteiger partial charge in [-0.1, -0.05) is 13.8 Å². The van der Waals surface area contributed by atoms with Crippen molar-refractivity contribution in [3.05, 3.63) is 52.1 Å². The Kier molecular flexibility index (Phi) is 6.74. The van der Waals surface area contributed by atoms with Gasteiger partial charge in [0, 0.05) is 30.4 Å². The van der Waals surface area contributed by atoms with Gasteiger partial charge in [0.15, 0.2) is 11.6 Å². The number of nitrogens with one attached hydrogen (secondary N) is 1. The van der Waals surface area contributed by atoms with Crippen LogP contribution in [0.2, 0.25) is 0 Å². The number of nitrogens with two attached hydrogens (primary N) is 1. The minimum Gasteiger partial charge on any atom is -0.510 e. The molecule has 3 aliphatic carbocycles. The Balaban J connectivity index is 1.44. The van der Waals surface area contributed by atoms with E-state index >= 15 is 0 Å². The van der Waals surface area contributed by atoms with Crippen LogP contribution in [0.25, 0.3) is 17.2 Å². The molecule has 4 atom stereocenters. The molecule has 216 valence electrons. The SMILES string of the molecule is CC(C)c1coc(-c2ccc(O)c3c2CC2CC4C(NC5CCOCC5)C(O)=C(C(N)=O)C(=O)C4C(=O)C2=C3O)n1. The van der Waals surface area contributed by atoms with Crippen molar-refractivity contribution in [3.63, 3.8) is 0 Å². The van der Waals surface area contributed by atoms with Crippen molar-refractivity contribution in [2.75, 3.05) is 13.2 Å². The minimum atomic E-state index is -1.31. The number of phenols is 1. The topological polar surface area (TPSA) is 185 Å².